The summed E-state index contributed by atoms with van der Waals surface area (Å²) in [6, 6.07) is 0. The summed E-state index contributed by atoms with van der Waals surface area (Å²) < 4.78 is 5.84. The van der Waals surface area contributed by atoms with E-state index in [0.717, 1.165) is 38.5 Å². The first kappa shape index (κ1) is 14.3. The van der Waals surface area contributed by atoms with E-state index in [9.17, 15) is 0 Å². The van der Waals surface area contributed by atoms with Crippen molar-refractivity contribution >= 4 is 0 Å². The van der Waals surface area contributed by atoms with Gasteiger partial charge in [-0.15, -0.1) is 0 Å². The Hall–Kier alpha value is -0.120. The molecule has 1 aliphatic heterocycles. The van der Waals surface area contributed by atoms with E-state index in [0.29, 0.717) is 6.10 Å². The molecule has 0 aromatic heterocycles. The molecule has 3 N–H and O–H groups in total. The van der Waals surface area contributed by atoms with Crippen LogP contribution in [0.4, 0.5) is 0 Å². The second kappa shape index (κ2) is 6.88. The number of hydrogen-bond acceptors (Lipinski definition) is 3. The van der Waals surface area contributed by atoms with E-state index in [-0.39, 0.29) is 5.54 Å². The Kier molecular flexibility index (Phi) is 5.46. The van der Waals surface area contributed by atoms with Crippen LogP contribution in [-0.2, 0) is 4.74 Å². The lowest BCUT2D eigenvalue weighted by Gasteiger charge is -2.41. The minimum atomic E-state index is 0.155. The maximum Gasteiger partial charge on any atom is 0.0593 e. The molecule has 1 aliphatic carbocycles. The highest BCUT2D eigenvalue weighted by atomic mass is 16.5. The molecule has 0 radical (unpaired) electrons. The maximum absolute atomic E-state index is 6.04. The second-order valence-electron chi connectivity index (χ2n) is 6.23. The van der Waals surface area contributed by atoms with E-state index in [2.05, 4.69) is 12.2 Å². The molecule has 1 saturated heterocycles. The second-order valence-corrected chi connectivity index (χ2v) is 6.23. The number of nitrogens with two attached hydrogens (primary N) is 1. The number of rotatable bonds is 7. The molecule has 3 nitrogen and oxygen atoms in total. The first-order valence-electron chi connectivity index (χ1n) is 7.85. The largest absolute Gasteiger partial charge is 0.378 e. The summed E-state index contributed by atoms with van der Waals surface area (Å²) in [4.78, 5) is 0. The zero-order valence-corrected chi connectivity index (χ0v) is 11.9. The Balaban J connectivity index is 1.76. The molecular formula is C15H30N2O. The molecule has 0 aromatic carbocycles. The maximum atomic E-state index is 6.04. The van der Waals surface area contributed by atoms with Crippen molar-refractivity contribution in [2.24, 2.45) is 11.7 Å². The molecule has 2 unspecified atom stereocenters. The molecule has 0 aromatic rings. The predicted octanol–water partition coefficient (Wildman–Crippen LogP) is 2.44. The number of ether oxygens (including phenoxy) is 1. The van der Waals surface area contributed by atoms with Gasteiger partial charge in [0, 0.05) is 18.7 Å². The molecule has 18 heavy (non-hydrogen) atoms. The quantitative estimate of drug-likeness (QED) is 0.733. The SMILES string of the molecule is CCCC1CC(CN)(NCCC2CCC2)CCO1. The van der Waals surface area contributed by atoms with Crippen LogP contribution in [0, 0.1) is 5.92 Å². The van der Waals surface area contributed by atoms with Crippen molar-refractivity contribution in [1.82, 2.24) is 5.32 Å². The van der Waals surface area contributed by atoms with E-state index < -0.39 is 0 Å². The van der Waals surface area contributed by atoms with Gasteiger partial charge < -0.3 is 15.8 Å². The Morgan fingerprint density at radius 2 is 2.17 bits per heavy atom. The molecule has 106 valence electrons. The average molecular weight is 254 g/mol. The molecular weight excluding hydrogens is 224 g/mol. The summed E-state index contributed by atoms with van der Waals surface area (Å²) in [7, 11) is 0. The third-order valence-corrected chi connectivity index (χ3v) is 4.83. The van der Waals surface area contributed by atoms with Gasteiger partial charge in [-0.25, -0.2) is 0 Å². The Morgan fingerprint density at radius 1 is 1.33 bits per heavy atom. The lowest BCUT2D eigenvalue weighted by Crippen LogP contribution is -2.57. The van der Waals surface area contributed by atoms with E-state index in [1.54, 1.807) is 0 Å². The van der Waals surface area contributed by atoms with Crippen molar-refractivity contribution in [2.45, 2.75) is 69.9 Å². The van der Waals surface area contributed by atoms with Crippen LogP contribution in [0.5, 0.6) is 0 Å². The van der Waals surface area contributed by atoms with Gasteiger partial charge in [0.15, 0.2) is 0 Å². The average Bonchev–Trinajstić information content (AvgIpc) is 2.33. The third-order valence-electron chi connectivity index (χ3n) is 4.83. The first-order chi connectivity index (χ1) is 8.78. The topological polar surface area (TPSA) is 47.3 Å². The van der Waals surface area contributed by atoms with Crippen LogP contribution < -0.4 is 11.1 Å². The summed E-state index contributed by atoms with van der Waals surface area (Å²) in [5, 5.41) is 3.77. The monoisotopic (exact) mass is 254 g/mol. The molecule has 2 atom stereocenters. The van der Waals surface area contributed by atoms with E-state index >= 15 is 0 Å². The number of nitrogens with one attached hydrogen (secondary N) is 1. The lowest BCUT2D eigenvalue weighted by molar-refractivity contribution is -0.0309. The van der Waals surface area contributed by atoms with Gasteiger partial charge in [0.2, 0.25) is 0 Å². The van der Waals surface area contributed by atoms with Gasteiger partial charge in [-0.3, -0.25) is 0 Å². The minimum absolute atomic E-state index is 0.155. The highest BCUT2D eigenvalue weighted by Crippen LogP contribution is 2.30. The van der Waals surface area contributed by atoms with Crippen molar-refractivity contribution in [2.75, 3.05) is 19.7 Å². The molecule has 3 heteroatoms. The minimum Gasteiger partial charge on any atom is -0.378 e. The van der Waals surface area contributed by atoms with Crippen LogP contribution in [0.25, 0.3) is 0 Å². The van der Waals surface area contributed by atoms with Gasteiger partial charge in [0.25, 0.3) is 0 Å². The molecule has 1 heterocycles. The van der Waals surface area contributed by atoms with Gasteiger partial charge in [0.05, 0.1) is 6.10 Å². The third kappa shape index (κ3) is 3.69. The van der Waals surface area contributed by atoms with Crippen molar-refractivity contribution < 1.29 is 4.74 Å². The van der Waals surface area contributed by atoms with Crippen LogP contribution in [-0.4, -0.2) is 31.3 Å². The standard InChI is InChI=1S/C15H30N2O/c1-2-4-14-11-15(12-16,8-10-18-14)17-9-7-13-5-3-6-13/h13-14,17H,2-12,16H2,1H3. The van der Waals surface area contributed by atoms with E-state index in [1.165, 1.54) is 38.5 Å². The molecule has 0 spiro atoms. The highest BCUT2D eigenvalue weighted by Gasteiger charge is 2.35. The fourth-order valence-electron chi connectivity index (χ4n) is 3.27. The van der Waals surface area contributed by atoms with Crippen LogP contribution in [0.15, 0.2) is 0 Å². The van der Waals surface area contributed by atoms with Crippen molar-refractivity contribution in [3.63, 3.8) is 0 Å². The van der Waals surface area contributed by atoms with Gasteiger partial charge in [-0.05, 0) is 38.1 Å². The highest BCUT2D eigenvalue weighted by molar-refractivity contribution is 4.94. The van der Waals surface area contributed by atoms with Gasteiger partial charge in [-0.2, -0.15) is 0 Å². The summed E-state index contributed by atoms with van der Waals surface area (Å²) in [5.41, 5.74) is 6.20. The van der Waals surface area contributed by atoms with Crippen LogP contribution >= 0.6 is 0 Å². The molecule has 0 amide bonds. The van der Waals surface area contributed by atoms with Crippen molar-refractivity contribution in [3.05, 3.63) is 0 Å². The molecule has 2 fully saturated rings. The van der Waals surface area contributed by atoms with Gasteiger partial charge >= 0.3 is 0 Å². The van der Waals surface area contributed by atoms with E-state index in [1.807, 2.05) is 0 Å². The normalized spacial score (nSPS) is 33.3. The summed E-state index contributed by atoms with van der Waals surface area (Å²) in [6.07, 6.45) is 10.6. The predicted molar refractivity (Wildman–Crippen MR) is 75.6 cm³/mol. The summed E-state index contributed by atoms with van der Waals surface area (Å²) in [6.45, 7) is 4.99. The molecule has 2 aliphatic rings. The van der Waals surface area contributed by atoms with Crippen molar-refractivity contribution in [3.8, 4) is 0 Å². The van der Waals surface area contributed by atoms with Gasteiger partial charge in [-0.1, -0.05) is 32.6 Å². The summed E-state index contributed by atoms with van der Waals surface area (Å²) >= 11 is 0. The Bertz CT molecular complexity index is 241. The summed E-state index contributed by atoms with van der Waals surface area (Å²) in [5.74, 6) is 0.985. The smallest absolute Gasteiger partial charge is 0.0593 e. The van der Waals surface area contributed by atoms with E-state index in [4.69, 9.17) is 10.5 Å². The van der Waals surface area contributed by atoms with Crippen LogP contribution in [0.2, 0.25) is 0 Å². The first-order valence-corrected chi connectivity index (χ1v) is 7.85. The van der Waals surface area contributed by atoms with Crippen LogP contribution in [0.3, 0.4) is 0 Å². The molecule has 2 rings (SSSR count). The number of hydrogen-bond donors (Lipinski definition) is 2. The van der Waals surface area contributed by atoms with Crippen LogP contribution in [0.1, 0.15) is 58.3 Å². The molecule has 1 saturated carbocycles. The van der Waals surface area contributed by atoms with Gasteiger partial charge in [0.1, 0.15) is 0 Å². The Morgan fingerprint density at radius 3 is 2.78 bits per heavy atom. The zero-order chi connectivity index (χ0) is 12.8. The fourth-order valence-corrected chi connectivity index (χ4v) is 3.27. The van der Waals surface area contributed by atoms with Crippen molar-refractivity contribution in [1.29, 1.82) is 0 Å². The fraction of sp³-hybridized carbons (Fsp3) is 1.00. The zero-order valence-electron chi connectivity index (χ0n) is 11.9. The molecule has 0 bridgehead atoms. The lowest BCUT2D eigenvalue weighted by atomic mass is 9.82. The Labute approximate surface area is 112 Å².